The molecule has 13 heteroatoms. The third-order valence-corrected chi connectivity index (χ3v) is 4.91. The molecular formula is C22H24N2O8S2Zn. The molecule has 184 valence electrons. The van der Waals surface area contributed by atoms with Crippen LogP contribution in [0.3, 0.4) is 0 Å². The molecule has 2 rings (SSSR count). The normalized spacial score (nSPS) is 12.4. The Labute approximate surface area is 225 Å². The van der Waals surface area contributed by atoms with Crippen molar-refractivity contribution in [2.45, 2.75) is 24.9 Å². The van der Waals surface area contributed by atoms with E-state index in [0.717, 1.165) is 0 Å². The smallest absolute Gasteiger partial charge is 0.548 e. The molecule has 0 saturated carbocycles. The SMILES string of the molecule is O=C([O-])[C@H](CS)N=CCc1ccc(O)cc1O.O=C([O-])[C@H](CS)N=CCc1ccc(O)cc1O.[Zn+2]. The van der Waals surface area contributed by atoms with Crippen LogP contribution in [0.4, 0.5) is 0 Å². The van der Waals surface area contributed by atoms with Crippen LogP contribution in [-0.2, 0) is 41.9 Å². The number of carbonyl (C=O) groups excluding carboxylic acids is 2. The van der Waals surface area contributed by atoms with Gasteiger partial charge >= 0.3 is 19.5 Å². The molecule has 4 N–H and O–H groups in total. The molecule has 0 spiro atoms. The van der Waals surface area contributed by atoms with E-state index in [2.05, 4.69) is 35.2 Å². The molecule has 0 bridgehead atoms. The zero-order valence-corrected chi connectivity index (χ0v) is 23.3. The zero-order chi connectivity index (χ0) is 25.7. The third-order valence-electron chi connectivity index (χ3n) is 4.22. The van der Waals surface area contributed by atoms with E-state index in [1.807, 2.05) is 0 Å². The standard InChI is InChI=1S/2C11H13NO4S.Zn/c2*13-8-2-1-7(10(14)5-8)3-4-12-9(6-17)11(15)16;/h2*1-2,4-5,9,13-14,17H,3,6H2,(H,15,16);/q;;+2/p-2/t2*9-;/m00./s1. The minimum Gasteiger partial charge on any atom is -0.548 e. The van der Waals surface area contributed by atoms with Crippen molar-refractivity contribution < 1.29 is 59.7 Å². The van der Waals surface area contributed by atoms with Crippen LogP contribution in [0.15, 0.2) is 46.4 Å². The minimum atomic E-state index is -1.29. The Morgan fingerprint density at radius 3 is 1.37 bits per heavy atom. The average Bonchev–Trinajstić information content (AvgIpc) is 2.77. The van der Waals surface area contributed by atoms with E-state index < -0.39 is 24.0 Å². The quantitative estimate of drug-likeness (QED) is 0.125. The molecule has 2 aromatic rings. The number of carboxylic acids is 2. The summed E-state index contributed by atoms with van der Waals surface area (Å²) in [6.07, 6.45) is 3.29. The first-order valence-electron chi connectivity index (χ1n) is 9.77. The van der Waals surface area contributed by atoms with Gasteiger partial charge in [0.15, 0.2) is 0 Å². The molecule has 0 unspecified atom stereocenters. The number of rotatable bonds is 10. The maximum absolute atomic E-state index is 10.5. The molecule has 35 heavy (non-hydrogen) atoms. The number of carboxylic acid groups (broad SMARTS) is 2. The van der Waals surface area contributed by atoms with E-state index in [9.17, 15) is 30.0 Å². The first kappa shape index (κ1) is 32.2. The molecule has 0 saturated heterocycles. The molecular weight excluding hydrogens is 550 g/mol. The Balaban J connectivity index is 0.000000642. The number of nitrogens with zero attached hydrogens (tertiary/aromatic N) is 2. The van der Waals surface area contributed by atoms with E-state index in [4.69, 9.17) is 10.2 Å². The zero-order valence-electron chi connectivity index (χ0n) is 18.5. The summed E-state index contributed by atoms with van der Waals surface area (Å²) in [6.45, 7) is 0. The van der Waals surface area contributed by atoms with Crippen LogP contribution in [0.1, 0.15) is 11.1 Å². The van der Waals surface area contributed by atoms with Gasteiger partial charge in [-0.2, -0.15) is 25.3 Å². The number of carbonyl (C=O) groups is 2. The van der Waals surface area contributed by atoms with Crippen molar-refractivity contribution in [3.63, 3.8) is 0 Å². The van der Waals surface area contributed by atoms with Gasteiger partial charge in [0.05, 0.1) is 24.0 Å². The molecule has 0 fully saturated rings. The van der Waals surface area contributed by atoms with Crippen molar-refractivity contribution in [3.8, 4) is 23.0 Å². The molecule has 0 heterocycles. The number of hydrogen-bond donors (Lipinski definition) is 6. The van der Waals surface area contributed by atoms with Gasteiger partial charge in [0.1, 0.15) is 23.0 Å². The Morgan fingerprint density at radius 2 is 1.11 bits per heavy atom. The topological polar surface area (TPSA) is 186 Å². The number of phenols is 4. The predicted molar refractivity (Wildman–Crippen MR) is 129 cm³/mol. The van der Waals surface area contributed by atoms with Crippen LogP contribution >= 0.6 is 25.3 Å². The second-order valence-corrected chi connectivity index (χ2v) is 7.46. The van der Waals surface area contributed by atoms with E-state index in [1.54, 1.807) is 0 Å². The number of aromatic hydroxyl groups is 4. The van der Waals surface area contributed by atoms with E-state index >= 15 is 0 Å². The Hall–Kier alpha value is -2.76. The molecule has 2 aromatic carbocycles. The summed E-state index contributed by atoms with van der Waals surface area (Å²) in [4.78, 5) is 28.6. The molecule has 0 aliphatic heterocycles. The van der Waals surface area contributed by atoms with Crippen molar-refractivity contribution in [1.82, 2.24) is 0 Å². The number of benzene rings is 2. The molecule has 0 aliphatic carbocycles. The third kappa shape index (κ3) is 12.0. The minimum absolute atomic E-state index is 0. The van der Waals surface area contributed by atoms with Crippen LogP contribution in [0, 0.1) is 0 Å². The molecule has 0 amide bonds. The van der Waals surface area contributed by atoms with Gasteiger partial charge in [0.25, 0.3) is 0 Å². The molecule has 0 radical (unpaired) electrons. The van der Waals surface area contributed by atoms with E-state index in [0.29, 0.717) is 11.1 Å². The first-order chi connectivity index (χ1) is 16.1. The summed E-state index contributed by atoms with van der Waals surface area (Å²) in [5, 5.41) is 58.1. The summed E-state index contributed by atoms with van der Waals surface area (Å²) in [5.74, 6) is -2.66. The van der Waals surface area contributed by atoms with Crippen LogP contribution < -0.4 is 10.2 Å². The van der Waals surface area contributed by atoms with E-state index in [-0.39, 0.29) is 66.8 Å². The van der Waals surface area contributed by atoms with Crippen molar-refractivity contribution in [2.24, 2.45) is 9.98 Å². The summed E-state index contributed by atoms with van der Waals surface area (Å²) >= 11 is 7.66. The van der Waals surface area contributed by atoms with Crippen molar-refractivity contribution in [1.29, 1.82) is 0 Å². The first-order valence-corrected chi connectivity index (χ1v) is 11.0. The number of hydrogen-bond acceptors (Lipinski definition) is 12. The monoisotopic (exact) mass is 572 g/mol. The summed E-state index contributed by atoms with van der Waals surface area (Å²) in [7, 11) is 0. The van der Waals surface area contributed by atoms with Gasteiger partial charge in [-0.15, -0.1) is 0 Å². The van der Waals surface area contributed by atoms with Gasteiger partial charge in [-0.05, 0) is 23.3 Å². The summed E-state index contributed by atoms with van der Waals surface area (Å²) in [5.41, 5.74) is 1.09. The van der Waals surface area contributed by atoms with Crippen molar-refractivity contribution in [3.05, 3.63) is 47.5 Å². The van der Waals surface area contributed by atoms with Gasteiger partial charge in [-0.3, -0.25) is 9.98 Å². The second-order valence-electron chi connectivity index (χ2n) is 6.73. The fourth-order valence-corrected chi connectivity index (χ4v) is 2.86. The van der Waals surface area contributed by atoms with Gasteiger partial charge in [-0.1, -0.05) is 12.1 Å². The van der Waals surface area contributed by atoms with Crippen molar-refractivity contribution >= 4 is 49.6 Å². The fourth-order valence-electron chi connectivity index (χ4n) is 2.37. The van der Waals surface area contributed by atoms with Gasteiger partial charge in [-0.25, -0.2) is 0 Å². The predicted octanol–water partition coefficient (Wildman–Crippen LogP) is -0.484. The van der Waals surface area contributed by atoms with Crippen molar-refractivity contribution in [2.75, 3.05) is 11.5 Å². The van der Waals surface area contributed by atoms with Gasteiger partial charge in [0, 0.05) is 48.9 Å². The maximum Gasteiger partial charge on any atom is 2.00 e. The Bertz CT molecular complexity index is 955. The van der Waals surface area contributed by atoms with Crippen LogP contribution in [-0.4, -0.2) is 68.4 Å². The average molecular weight is 574 g/mol. The molecule has 0 aliphatic rings. The van der Waals surface area contributed by atoms with Gasteiger partial charge < -0.3 is 40.2 Å². The fraction of sp³-hybridized carbons (Fsp3) is 0.273. The molecule has 0 aromatic heterocycles. The number of thiol groups is 2. The Morgan fingerprint density at radius 1 is 0.771 bits per heavy atom. The van der Waals surface area contributed by atoms with E-state index in [1.165, 1.54) is 48.8 Å². The number of aliphatic carboxylic acids is 2. The van der Waals surface area contributed by atoms with Gasteiger partial charge in [0.2, 0.25) is 0 Å². The molecule has 2 atom stereocenters. The van der Waals surface area contributed by atoms with Crippen LogP contribution in [0.2, 0.25) is 0 Å². The number of aliphatic imine (C=N–C) groups is 2. The maximum atomic E-state index is 10.5. The Kier molecular flexibility index (Phi) is 15.5. The second kappa shape index (κ2) is 16.8. The molecule has 10 nitrogen and oxygen atoms in total. The number of phenolic OH excluding ortho intramolecular Hbond substituents is 4. The van der Waals surface area contributed by atoms with Crippen LogP contribution in [0.25, 0.3) is 0 Å². The largest absolute Gasteiger partial charge is 2.00 e. The van der Waals surface area contributed by atoms with Crippen LogP contribution in [0.5, 0.6) is 23.0 Å². The summed E-state index contributed by atoms with van der Waals surface area (Å²) in [6, 6.07) is 6.36. The summed E-state index contributed by atoms with van der Waals surface area (Å²) < 4.78 is 0.